The number of halogens is 3. The van der Waals surface area contributed by atoms with E-state index in [9.17, 15) is 13.2 Å². The monoisotopic (exact) mass is 551 g/mol. The van der Waals surface area contributed by atoms with Crippen molar-refractivity contribution >= 4 is 56.9 Å². The third-order valence-electron chi connectivity index (χ3n) is 5.18. The molecule has 0 atom stereocenters. The van der Waals surface area contributed by atoms with E-state index < -0.39 is 22.5 Å². The summed E-state index contributed by atoms with van der Waals surface area (Å²) >= 11 is 18.2. The van der Waals surface area contributed by atoms with Crippen LogP contribution < -0.4 is 5.43 Å². The highest BCUT2D eigenvalue weighted by atomic mass is 35.5. The van der Waals surface area contributed by atoms with Crippen LogP contribution in [0.3, 0.4) is 0 Å². The van der Waals surface area contributed by atoms with Gasteiger partial charge in [-0.2, -0.15) is 9.41 Å². The largest absolute Gasteiger partial charge is 0.272 e. The van der Waals surface area contributed by atoms with E-state index in [-0.39, 0.29) is 11.4 Å². The van der Waals surface area contributed by atoms with Gasteiger partial charge in [-0.05, 0) is 61.7 Å². The zero-order chi connectivity index (χ0) is 25.8. The Balaban J connectivity index is 1.89. The second kappa shape index (κ2) is 11.5. The van der Waals surface area contributed by atoms with Gasteiger partial charge in [-0.3, -0.25) is 4.79 Å². The van der Waals surface area contributed by atoms with Crippen LogP contribution in [0.2, 0.25) is 15.1 Å². The van der Waals surface area contributed by atoms with E-state index in [4.69, 9.17) is 34.8 Å². The minimum Gasteiger partial charge on any atom is -0.272 e. The summed E-state index contributed by atoms with van der Waals surface area (Å²) in [7, 11) is -4.03. The summed E-state index contributed by atoms with van der Waals surface area (Å²) in [5.74, 6) is -0.621. The Morgan fingerprint density at radius 2 is 1.54 bits per heavy atom. The van der Waals surface area contributed by atoms with E-state index in [0.29, 0.717) is 37.3 Å². The van der Waals surface area contributed by atoms with Gasteiger partial charge in [0, 0.05) is 17.1 Å². The Labute approximate surface area is 220 Å². The maximum atomic E-state index is 13.7. The molecule has 0 aromatic heterocycles. The molecule has 0 bridgehead atoms. The summed E-state index contributed by atoms with van der Waals surface area (Å²) in [5, 5.41) is 5.17. The lowest BCUT2D eigenvalue weighted by molar-refractivity contribution is -0.121. The highest BCUT2D eigenvalue weighted by molar-refractivity contribution is 7.89. The number of benzene rings is 3. The summed E-state index contributed by atoms with van der Waals surface area (Å²) in [4.78, 5) is 12.9. The van der Waals surface area contributed by atoms with Crippen LogP contribution in [-0.4, -0.2) is 31.4 Å². The van der Waals surface area contributed by atoms with Crippen LogP contribution in [0.4, 0.5) is 0 Å². The van der Waals surface area contributed by atoms with E-state index >= 15 is 0 Å². The first-order valence-electron chi connectivity index (χ1n) is 10.6. The van der Waals surface area contributed by atoms with Gasteiger partial charge >= 0.3 is 0 Å². The quantitative estimate of drug-likeness (QED) is 0.279. The molecule has 6 nitrogen and oxygen atoms in total. The molecule has 3 aromatic rings. The van der Waals surface area contributed by atoms with Crippen LogP contribution >= 0.6 is 34.8 Å². The number of amides is 1. The fourth-order valence-corrected chi connectivity index (χ4v) is 6.14. The first-order chi connectivity index (χ1) is 16.5. The highest BCUT2D eigenvalue weighted by Gasteiger charge is 2.30. The standard InChI is InChI=1S/C25H24Cl3N3O3S/c1-16-11-17(2)25(18(3)12-16)35(33,34)31(14-19-7-9-20(26)10-8-19)15-24(32)30-29-13-21-22(27)5-4-6-23(21)28/h4-13H,14-15H2,1-3H3,(H,30,32)/b29-13+. The molecule has 0 spiro atoms. The van der Waals surface area contributed by atoms with Gasteiger partial charge in [-0.15, -0.1) is 0 Å². The van der Waals surface area contributed by atoms with E-state index in [1.165, 1.54) is 6.21 Å². The fourth-order valence-electron chi connectivity index (χ4n) is 3.72. The van der Waals surface area contributed by atoms with Gasteiger partial charge in [0.25, 0.3) is 5.91 Å². The number of carbonyl (C=O) groups excluding carboxylic acids is 1. The maximum absolute atomic E-state index is 13.7. The van der Waals surface area contributed by atoms with Crippen molar-refractivity contribution in [2.24, 2.45) is 5.10 Å². The number of sulfonamides is 1. The molecule has 0 aliphatic rings. The Morgan fingerprint density at radius 3 is 2.11 bits per heavy atom. The van der Waals surface area contributed by atoms with Crippen molar-refractivity contribution in [1.29, 1.82) is 0 Å². The minimum absolute atomic E-state index is 0.0280. The topological polar surface area (TPSA) is 78.8 Å². The Hall–Kier alpha value is -2.42. The molecular weight excluding hydrogens is 529 g/mol. The number of hydrazone groups is 1. The van der Waals surface area contributed by atoms with Gasteiger partial charge in [-0.1, -0.05) is 70.7 Å². The first kappa shape index (κ1) is 27.2. The number of aryl methyl sites for hydroxylation is 3. The van der Waals surface area contributed by atoms with Gasteiger partial charge in [0.2, 0.25) is 10.0 Å². The molecule has 3 aromatic carbocycles. The number of hydrogen-bond donors (Lipinski definition) is 1. The molecule has 0 saturated heterocycles. The molecule has 0 aliphatic carbocycles. The lowest BCUT2D eigenvalue weighted by atomic mass is 10.1. The predicted molar refractivity (Wildman–Crippen MR) is 142 cm³/mol. The van der Waals surface area contributed by atoms with E-state index in [2.05, 4.69) is 10.5 Å². The van der Waals surface area contributed by atoms with Crippen molar-refractivity contribution in [3.8, 4) is 0 Å². The summed E-state index contributed by atoms with van der Waals surface area (Å²) in [6, 6.07) is 15.4. The van der Waals surface area contributed by atoms with Crippen molar-refractivity contribution in [2.75, 3.05) is 6.54 Å². The highest BCUT2D eigenvalue weighted by Crippen LogP contribution is 2.27. The second-order valence-electron chi connectivity index (χ2n) is 8.06. The van der Waals surface area contributed by atoms with Crippen molar-refractivity contribution in [2.45, 2.75) is 32.2 Å². The SMILES string of the molecule is Cc1cc(C)c(S(=O)(=O)N(CC(=O)N/N=C/c2c(Cl)cccc2Cl)Cc2ccc(Cl)cc2)c(C)c1. The molecule has 1 amide bonds. The number of rotatable bonds is 8. The molecule has 3 rings (SSSR count). The number of nitrogens with zero attached hydrogens (tertiary/aromatic N) is 2. The zero-order valence-electron chi connectivity index (χ0n) is 19.3. The second-order valence-corrected chi connectivity index (χ2v) is 11.2. The molecule has 1 N–H and O–H groups in total. The number of carbonyl (C=O) groups is 1. The average molecular weight is 553 g/mol. The van der Waals surface area contributed by atoms with Crippen molar-refractivity contribution in [3.63, 3.8) is 0 Å². The van der Waals surface area contributed by atoms with Crippen molar-refractivity contribution in [1.82, 2.24) is 9.73 Å². The van der Waals surface area contributed by atoms with E-state index in [1.807, 2.05) is 6.92 Å². The van der Waals surface area contributed by atoms with Crippen LogP contribution in [0, 0.1) is 20.8 Å². The maximum Gasteiger partial charge on any atom is 0.255 e. The molecule has 0 unspecified atom stereocenters. The zero-order valence-corrected chi connectivity index (χ0v) is 22.4. The smallest absolute Gasteiger partial charge is 0.255 e. The molecule has 0 aliphatic heterocycles. The summed E-state index contributed by atoms with van der Waals surface area (Å²) in [6.07, 6.45) is 1.31. The molecule has 0 fully saturated rings. The summed E-state index contributed by atoms with van der Waals surface area (Å²) in [5.41, 5.74) is 5.64. The normalized spacial score (nSPS) is 11.9. The molecule has 35 heavy (non-hydrogen) atoms. The van der Waals surface area contributed by atoms with Gasteiger partial charge in [-0.25, -0.2) is 13.8 Å². The molecule has 10 heteroatoms. The van der Waals surface area contributed by atoms with Crippen molar-refractivity contribution < 1.29 is 13.2 Å². The van der Waals surface area contributed by atoms with Gasteiger partial charge < -0.3 is 0 Å². The Morgan fingerprint density at radius 1 is 0.971 bits per heavy atom. The van der Waals surface area contributed by atoms with Crippen LogP contribution in [0.5, 0.6) is 0 Å². The summed E-state index contributed by atoms with van der Waals surface area (Å²) in [6.45, 7) is 4.90. The van der Waals surface area contributed by atoms with E-state index in [1.54, 1.807) is 68.4 Å². The average Bonchev–Trinajstić information content (AvgIpc) is 2.76. The third kappa shape index (κ3) is 6.84. The summed E-state index contributed by atoms with van der Waals surface area (Å²) < 4.78 is 28.6. The predicted octanol–water partition coefficient (Wildman–Crippen LogP) is 5.91. The molecule has 0 radical (unpaired) electrons. The Bertz CT molecular complexity index is 1330. The van der Waals surface area contributed by atoms with Crippen LogP contribution in [0.15, 0.2) is 64.6 Å². The molecule has 184 valence electrons. The lowest BCUT2D eigenvalue weighted by Gasteiger charge is -2.24. The fraction of sp³-hybridized carbons (Fsp3) is 0.200. The molecule has 0 heterocycles. The van der Waals surface area contributed by atoms with Crippen LogP contribution in [0.1, 0.15) is 27.8 Å². The number of hydrogen-bond acceptors (Lipinski definition) is 4. The molecular formula is C25H24Cl3N3O3S. The minimum atomic E-state index is -4.03. The lowest BCUT2D eigenvalue weighted by Crippen LogP contribution is -2.39. The number of nitrogens with one attached hydrogen (secondary N) is 1. The van der Waals surface area contributed by atoms with Crippen LogP contribution in [-0.2, 0) is 21.4 Å². The van der Waals surface area contributed by atoms with Gasteiger partial charge in [0.15, 0.2) is 0 Å². The van der Waals surface area contributed by atoms with Gasteiger partial charge in [0.05, 0.1) is 27.7 Å². The third-order valence-corrected chi connectivity index (χ3v) is 8.19. The Kier molecular flexibility index (Phi) is 8.96. The van der Waals surface area contributed by atoms with Crippen molar-refractivity contribution in [3.05, 3.63) is 97.5 Å². The van der Waals surface area contributed by atoms with Crippen LogP contribution in [0.25, 0.3) is 0 Å². The van der Waals surface area contributed by atoms with Gasteiger partial charge in [0.1, 0.15) is 0 Å². The molecule has 0 saturated carbocycles. The van der Waals surface area contributed by atoms with E-state index in [0.717, 1.165) is 9.87 Å². The first-order valence-corrected chi connectivity index (χ1v) is 13.1.